The third kappa shape index (κ3) is 4.42. The van der Waals surface area contributed by atoms with Gasteiger partial charge in [-0.05, 0) is 36.8 Å². The number of hydrogen-bond acceptors (Lipinski definition) is 7. The number of carbonyl (C=O) groups excluding carboxylic acids is 1. The highest BCUT2D eigenvalue weighted by molar-refractivity contribution is 8.24. The summed E-state index contributed by atoms with van der Waals surface area (Å²) < 4.78 is 6.19. The van der Waals surface area contributed by atoms with Crippen molar-refractivity contribution in [3.05, 3.63) is 41.7 Å². The molecule has 7 nitrogen and oxygen atoms in total. The molecule has 2 heterocycles. The van der Waals surface area contributed by atoms with Crippen molar-refractivity contribution in [2.45, 2.75) is 24.5 Å². The van der Waals surface area contributed by atoms with Gasteiger partial charge in [0.1, 0.15) is 21.1 Å². The van der Waals surface area contributed by atoms with E-state index in [2.05, 4.69) is 0 Å². The Balaban J connectivity index is 1.63. The van der Waals surface area contributed by atoms with Crippen molar-refractivity contribution in [1.29, 1.82) is 0 Å². The average Bonchev–Trinajstić information content (AvgIpc) is 3.17. The van der Waals surface area contributed by atoms with Gasteiger partial charge in [0.15, 0.2) is 11.5 Å². The molecule has 1 fully saturated rings. The molecule has 27 heavy (non-hydrogen) atoms. The lowest BCUT2D eigenvalue weighted by molar-refractivity contribution is -0.137. The number of benzene rings is 1. The first-order valence-corrected chi connectivity index (χ1v) is 9.49. The van der Waals surface area contributed by atoms with Crippen LogP contribution < -0.4 is 0 Å². The van der Waals surface area contributed by atoms with Crippen molar-refractivity contribution >= 4 is 45.9 Å². The first kappa shape index (κ1) is 19.2. The summed E-state index contributed by atoms with van der Waals surface area (Å²) in [5, 5.41) is 27.2. The highest BCUT2D eigenvalue weighted by atomic mass is 32.2. The van der Waals surface area contributed by atoms with Crippen LogP contribution >= 0.6 is 24.0 Å². The van der Waals surface area contributed by atoms with E-state index in [-0.39, 0.29) is 30.4 Å². The molecule has 0 aromatic heterocycles. The van der Waals surface area contributed by atoms with E-state index in [1.807, 2.05) is 6.08 Å². The second-order valence-corrected chi connectivity index (χ2v) is 7.78. The number of thiocarbonyl (C=S) groups is 1. The molecule has 142 valence electrons. The number of allylic oxidation sites excluding steroid dienone is 1. The summed E-state index contributed by atoms with van der Waals surface area (Å²) in [5.41, 5.74) is 0.616. The molecular weight excluding hydrogens is 390 g/mol. The number of carbonyl (C=O) groups is 2. The number of aliphatic carboxylic acids is 1. The summed E-state index contributed by atoms with van der Waals surface area (Å²) in [6.45, 7) is 0.285. The SMILES string of the molecule is O=C(O)CCCN1C(=O)C(C=C2CC=C(c3ccc(O)c(O)c3)O2)SC1=S. The van der Waals surface area contributed by atoms with E-state index >= 15 is 0 Å². The number of nitrogens with zero attached hydrogens (tertiary/aromatic N) is 1. The minimum atomic E-state index is -0.905. The summed E-state index contributed by atoms with van der Waals surface area (Å²) in [4.78, 5) is 24.6. The Bertz CT molecular complexity index is 863. The van der Waals surface area contributed by atoms with Crippen molar-refractivity contribution in [2.24, 2.45) is 0 Å². The molecular formula is C18H17NO6S2. The number of rotatable bonds is 6. The van der Waals surface area contributed by atoms with Crippen LogP contribution in [0.5, 0.6) is 11.5 Å². The average molecular weight is 407 g/mol. The van der Waals surface area contributed by atoms with Crippen LogP contribution in [-0.4, -0.2) is 48.2 Å². The van der Waals surface area contributed by atoms with E-state index in [1.165, 1.54) is 28.8 Å². The van der Waals surface area contributed by atoms with Gasteiger partial charge in [0.05, 0.1) is 0 Å². The van der Waals surface area contributed by atoms with Crippen LogP contribution in [0.2, 0.25) is 0 Å². The summed E-state index contributed by atoms with van der Waals surface area (Å²) in [7, 11) is 0. The van der Waals surface area contributed by atoms with Crippen LogP contribution in [0.15, 0.2) is 36.1 Å². The molecule has 0 spiro atoms. The number of phenolic OH excluding ortho intramolecular Hbond substituents is 2. The number of thioether (sulfide) groups is 1. The van der Waals surface area contributed by atoms with Gasteiger partial charge in [0.2, 0.25) is 5.91 Å². The Kier molecular flexibility index (Phi) is 5.71. The lowest BCUT2D eigenvalue weighted by Crippen LogP contribution is -2.32. The van der Waals surface area contributed by atoms with Crippen LogP contribution in [0, 0.1) is 0 Å². The summed E-state index contributed by atoms with van der Waals surface area (Å²) in [6, 6.07) is 4.40. The first-order valence-electron chi connectivity index (χ1n) is 8.20. The number of carboxylic acids is 1. The van der Waals surface area contributed by atoms with Gasteiger partial charge in [0, 0.05) is 24.9 Å². The molecule has 1 saturated heterocycles. The zero-order valence-corrected chi connectivity index (χ0v) is 15.8. The molecule has 3 rings (SSSR count). The quantitative estimate of drug-likeness (QED) is 0.488. The lowest BCUT2D eigenvalue weighted by atomic mass is 10.1. The van der Waals surface area contributed by atoms with Crippen molar-refractivity contribution in [3.63, 3.8) is 0 Å². The third-order valence-electron chi connectivity index (χ3n) is 4.06. The fraction of sp³-hybridized carbons (Fsp3) is 0.278. The van der Waals surface area contributed by atoms with Crippen LogP contribution in [0.25, 0.3) is 5.76 Å². The first-order chi connectivity index (χ1) is 12.8. The van der Waals surface area contributed by atoms with Gasteiger partial charge in [-0.2, -0.15) is 0 Å². The van der Waals surface area contributed by atoms with Gasteiger partial charge in [-0.3, -0.25) is 14.5 Å². The second kappa shape index (κ2) is 8.01. The van der Waals surface area contributed by atoms with Crippen LogP contribution in [-0.2, 0) is 14.3 Å². The molecule has 1 atom stereocenters. The van der Waals surface area contributed by atoms with E-state index in [4.69, 9.17) is 22.1 Å². The maximum Gasteiger partial charge on any atom is 0.303 e. The van der Waals surface area contributed by atoms with E-state index in [9.17, 15) is 19.8 Å². The lowest BCUT2D eigenvalue weighted by Gasteiger charge is -2.14. The molecule has 1 amide bonds. The number of hydrogen-bond donors (Lipinski definition) is 3. The molecule has 2 aliphatic rings. The second-order valence-electron chi connectivity index (χ2n) is 6.00. The highest BCUT2D eigenvalue weighted by Gasteiger charge is 2.36. The fourth-order valence-electron chi connectivity index (χ4n) is 2.70. The smallest absolute Gasteiger partial charge is 0.303 e. The molecule has 0 aliphatic carbocycles. The molecule has 9 heteroatoms. The maximum absolute atomic E-state index is 12.5. The molecule has 1 aromatic rings. The minimum Gasteiger partial charge on any atom is -0.504 e. The van der Waals surface area contributed by atoms with Gasteiger partial charge in [-0.15, -0.1) is 0 Å². The molecule has 3 N–H and O–H groups in total. The Morgan fingerprint density at radius 2 is 2.15 bits per heavy atom. The van der Waals surface area contributed by atoms with E-state index in [0.717, 1.165) is 0 Å². The molecule has 2 aliphatic heterocycles. The van der Waals surface area contributed by atoms with E-state index in [1.54, 1.807) is 12.1 Å². The highest BCUT2D eigenvalue weighted by Crippen LogP contribution is 2.36. The van der Waals surface area contributed by atoms with Crippen molar-refractivity contribution in [3.8, 4) is 11.5 Å². The number of aromatic hydroxyl groups is 2. The molecule has 1 unspecified atom stereocenters. The maximum atomic E-state index is 12.5. The number of phenols is 2. The van der Waals surface area contributed by atoms with Crippen LogP contribution in [0.3, 0.4) is 0 Å². The van der Waals surface area contributed by atoms with Gasteiger partial charge < -0.3 is 20.1 Å². The topological polar surface area (TPSA) is 107 Å². The number of amides is 1. The zero-order chi connectivity index (χ0) is 19.6. The Hall–Kier alpha value is -2.52. The molecule has 0 bridgehead atoms. The van der Waals surface area contributed by atoms with Gasteiger partial charge >= 0.3 is 5.97 Å². The standard InChI is InChI=1S/C18H17NO6S2/c20-12-5-3-10(8-13(12)21)14-6-4-11(25-14)9-15-17(24)19(18(26)27-15)7-1-2-16(22)23/h3,5-6,8-9,15,20-21H,1-2,4,7H2,(H,22,23). The summed E-state index contributed by atoms with van der Waals surface area (Å²) >= 11 is 6.46. The van der Waals surface area contributed by atoms with Crippen LogP contribution in [0.4, 0.5) is 0 Å². The minimum absolute atomic E-state index is 0.0152. The Morgan fingerprint density at radius 3 is 2.85 bits per heavy atom. The zero-order valence-electron chi connectivity index (χ0n) is 14.1. The van der Waals surface area contributed by atoms with Crippen molar-refractivity contribution in [1.82, 2.24) is 4.90 Å². The Labute approximate surface area is 164 Å². The summed E-state index contributed by atoms with van der Waals surface area (Å²) in [5.74, 6) is -0.401. The summed E-state index contributed by atoms with van der Waals surface area (Å²) in [6.07, 6.45) is 4.36. The third-order valence-corrected chi connectivity index (χ3v) is 5.58. The normalized spacial score (nSPS) is 20.9. The van der Waals surface area contributed by atoms with E-state index < -0.39 is 11.2 Å². The molecule has 0 saturated carbocycles. The van der Waals surface area contributed by atoms with Crippen molar-refractivity contribution < 1.29 is 29.6 Å². The monoisotopic (exact) mass is 407 g/mol. The predicted octanol–water partition coefficient (Wildman–Crippen LogP) is 2.84. The Morgan fingerprint density at radius 1 is 1.37 bits per heavy atom. The molecule has 0 radical (unpaired) electrons. The van der Waals surface area contributed by atoms with Gasteiger partial charge in [-0.25, -0.2) is 0 Å². The van der Waals surface area contributed by atoms with Crippen molar-refractivity contribution in [2.75, 3.05) is 6.54 Å². The van der Waals surface area contributed by atoms with Gasteiger partial charge in [0.25, 0.3) is 0 Å². The molecule has 1 aromatic carbocycles. The number of ether oxygens (including phenoxy) is 1. The van der Waals surface area contributed by atoms with E-state index in [0.29, 0.717) is 34.2 Å². The number of carboxylic acid groups (broad SMARTS) is 1. The van der Waals surface area contributed by atoms with Gasteiger partial charge in [-0.1, -0.05) is 24.0 Å². The predicted molar refractivity (Wildman–Crippen MR) is 104 cm³/mol. The fourth-order valence-corrected chi connectivity index (χ4v) is 4.17. The largest absolute Gasteiger partial charge is 0.504 e. The van der Waals surface area contributed by atoms with Crippen LogP contribution in [0.1, 0.15) is 24.8 Å².